The molecule has 0 bridgehead atoms. The maximum atomic E-state index is 11.5. The predicted octanol–water partition coefficient (Wildman–Crippen LogP) is 0.383. The lowest BCUT2D eigenvalue weighted by Crippen LogP contribution is -2.23. The molecule has 0 aromatic carbocycles. The number of alkyl halides is 1. The Labute approximate surface area is 78.0 Å². The SMILES string of the molecule is O=c1c2ncccc2nnn1CCl. The number of rotatable bonds is 1. The molecule has 0 N–H and O–H groups in total. The number of hydrogen-bond acceptors (Lipinski definition) is 4. The lowest BCUT2D eigenvalue weighted by Gasteiger charge is -1.97. The summed E-state index contributed by atoms with van der Waals surface area (Å²) >= 11 is 5.47. The van der Waals surface area contributed by atoms with Gasteiger partial charge in [-0.25, -0.2) is 4.98 Å². The Bertz CT molecular complexity index is 495. The van der Waals surface area contributed by atoms with Gasteiger partial charge in [-0.1, -0.05) is 5.21 Å². The Morgan fingerprint density at radius 3 is 3.15 bits per heavy atom. The zero-order valence-corrected chi connectivity index (χ0v) is 7.27. The zero-order valence-electron chi connectivity index (χ0n) is 6.51. The highest BCUT2D eigenvalue weighted by Crippen LogP contribution is 1.99. The smallest absolute Gasteiger partial charge is 0.265 e. The van der Waals surface area contributed by atoms with E-state index in [2.05, 4.69) is 15.3 Å². The lowest BCUT2D eigenvalue weighted by atomic mass is 10.4. The summed E-state index contributed by atoms with van der Waals surface area (Å²) in [5, 5.41) is 7.39. The molecule has 0 atom stereocenters. The van der Waals surface area contributed by atoms with Gasteiger partial charge >= 0.3 is 0 Å². The quantitative estimate of drug-likeness (QED) is 0.619. The molecule has 2 aromatic heterocycles. The third-order valence-corrected chi connectivity index (χ3v) is 1.82. The van der Waals surface area contributed by atoms with Crippen molar-refractivity contribution in [3.05, 3.63) is 28.7 Å². The van der Waals surface area contributed by atoms with Crippen molar-refractivity contribution in [2.75, 3.05) is 0 Å². The number of aromatic nitrogens is 4. The maximum absolute atomic E-state index is 11.5. The molecule has 0 amide bonds. The first-order valence-corrected chi connectivity index (χ1v) is 4.11. The van der Waals surface area contributed by atoms with Gasteiger partial charge in [0.25, 0.3) is 5.56 Å². The third-order valence-electron chi connectivity index (χ3n) is 1.60. The molecule has 66 valence electrons. The Morgan fingerprint density at radius 1 is 1.54 bits per heavy atom. The monoisotopic (exact) mass is 196 g/mol. The van der Waals surface area contributed by atoms with Crippen LogP contribution >= 0.6 is 11.6 Å². The highest BCUT2D eigenvalue weighted by atomic mass is 35.5. The lowest BCUT2D eigenvalue weighted by molar-refractivity contribution is 0.638. The molecule has 0 aliphatic heterocycles. The van der Waals surface area contributed by atoms with Crippen molar-refractivity contribution < 1.29 is 0 Å². The number of nitrogens with zero attached hydrogens (tertiary/aromatic N) is 4. The van der Waals surface area contributed by atoms with Crippen molar-refractivity contribution in [2.45, 2.75) is 6.00 Å². The highest BCUT2D eigenvalue weighted by molar-refractivity contribution is 6.15. The fraction of sp³-hybridized carbons (Fsp3) is 0.143. The van der Waals surface area contributed by atoms with E-state index in [0.717, 1.165) is 4.68 Å². The van der Waals surface area contributed by atoms with Crippen LogP contribution in [0.15, 0.2) is 23.1 Å². The van der Waals surface area contributed by atoms with Crippen molar-refractivity contribution >= 4 is 22.6 Å². The summed E-state index contributed by atoms with van der Waals surface area (Å²) in [5.74, 6) is 0. The first kappa shape index (κ1) is 8.12. The van der Waals surface area contributed by atoms with Gasteiger partial charge in [0.05, 0.1) is 0 Å². The second-order valence-electron chi connectivity index (χ2n) is 2.38. The van der Waals surface area contributed by atoms with E-state index in [4.69, 9.17) is 11.6 Å². The molecule has 2 heterocycles. The van der Waals surface area contributed by atoms with Gasteiger partial charge in [-0.05, 0) is 12.1 Å². The molecule has 5 nitrogen and oxygen atoms in total. The summed E-state index contributed by atoms with van der Waals surface area (Å²) in [7, 11) is 0. The van der Waals surface area contributed by atoms with Gasteiger partial charge in [-0.15, -0.1) is 16.7 Å². The predicted molar refractivity (Wildman–Crippen MR) is 47.4 cm³/mol. The molecule has 0 unspecified atom stereocenters. The van der Waals surface area contributed by atoms with Gasteiger partial charge in [0.1, 0.15) is 11.5 Å². The van der Waals surface area contributed by atoms with Crippen molar-refractivity contribution in [2.24, 2.45) is 0 Å². The fourth-order valence-corrected chi connectivity index (χ4v) is 1.14. The van der Waals surface area contributed by atoms with E-state index >= 15 is 0 Å². The summed E-state index contributed by atoms with van der Waals surface area (Å²) in [5.41, 5.74) is 0.451. The zero-order chi connectivity index (χ0) is 9.26. The number of halogens is 1. The molecule has 0 aliphatic carbocycles. The minimum absolute atomic E-state index is 0.0155. The van der Waals surface area contributed by atoms with Crippen molar-refractivity contribution in [3.63, 3.8) is 0 Å². The van der Waals surface area contributed by atoms with Crippen LogP contribution in [0, 0.1) is 0 Å². The van der Waals surface area contributed by atoms with E-state index in [-0.39, 0.29) is 17.1 Å². The van der Waals surface area contributed by atoms with E-state index in [9.17, 15) is 4.79 Å². The average Bonchev–Trinajstić information content (AvgIpc) is 2.19. The Kier molecular flexibility index (Phi) is 1.94. The Balaban J connectivity index is 2.87. The Hall–Kier alpha value is -1.49. The molecular formula is C7H5ClN4O. The van der Waals surface area contributed by atoms with Crippen LogP contribution in [0.3, 0.4) is 0 Å². The van der Waals surface area contributed by atoms with Gasteiger partial charge < -0.3 is 0 Å². The molecule has 2 rings (SSSR count). The molecule has 2 aromatic rings. The van der Waals surface area contributed by atoms with Crippen molar-refractivity contribution in [3.8, 4) is 0 Å². The van der Waals surface area contributed by atoms with Gasteiger partial charge in [0, 0.05) is 6.20 Å². The summed E-state index contributed by atoms with van der Waals surface area (Å²) in [6.07, 6.45) is 1.53. The fourth-order valence-electron chi connectivity index (χ4n) is 0.986. The molecule has 0 saturated heterocycles. The van der Waals surface area contributed by atoms with Crippen molar-refractivity contribution in [1.29, 1.82) is 0 Å². The van der Waals surface area contributed by atoms with Crippen LogP contribution in [0.1, 0.15) is 0 Å². The van der Waals surface area contributed by atoms with Crippen LogP contribution < -0.4 is 5.56 Å². The topological polar surface area (TPSA) is 60.7 Å². The van der Waals surface area contributed by atoms with Crippen LogP contribution in [0.2, 0.25) is 0 Å². The van der Waals surface area contributed by atoms with Crippen LogP contribution in [-0.4, -0.2) is 20.0 Å². The first-order valence-electron chi connectivity index (χ1n) is 3.57. The van der Waals surface area contributed by atoms with Gasteiger partial charge in [0.2, 0.25) is 0 Å². The van der Waals surface area contributed by atoms with Gasteiger partial charge in [0.15, 0.2) is 5.52 Å². The normalized spacial score (nSPS) is 10.5. The van der Waals surface area contributed by atoms with Crippen LogP contribution in [0.25, 0.3) is 11.0 Å². The number of pyridine rings is 1. The van der Waals surface area contributed by atoms with Crippen LogP contribution in [0.4, 0.5) is 0 Å². The molecular weight excluding hydrogens is 192 g/mol. The minimum atomic E-state index is -0.319. The molecule has 0 fully saturated rings. The van der Waals surface area contributed by atoms with Crippen molar-refractivity contribution in [1.82, 2.24) is 20.0 Å². The molecule has 0 saturated carbocycles. The summed E-state index contributed by atoms with van der Waals surface area (Å²) in [4.78, 5) is 15.4. The second-order valence-corrected chi connectivity index (χ2v) is 2.62. The largest absolute Gasteiger partial charge is 0.297 e. The highest BCUT2D eigenvalue weighted by Gasteiger charge is 2.03. The molecule has 6 heteroatoms. The van der Waals surface area contributed by atoms with Crippen LogP contribution in [-0.2, 0) is 6.00 Å². The van der Waals surface area contributed by atoms with Gasteiger partial charge in [-0.3, -0.25) is 4.79 Å². The first-order chi connectivity index (χ1) is 6.33. The second kappa shape index (κ2) is 3.10. The molecule has 0 spiro atoms. The summed E-state index contributed by atoms with van der Waals surface area (Å²) in [6, 6.07) is 3.36. The van der Waals surface area contributed by atoms with E-state index in [1.807, 2.05) is 0 Å². The average molecular weight is 197 g/mol. The standard InChI is InChI=1S/C7H5ClN4O/c8-4-12-7(13)6-5(10-11-12)2-1-3-9-6/h1-3H,4H2. The molecule has 13 heavy (non-hydrogen) atoms. The maximum Gasteiger partial charge on any atom is 0.297 e. The molecule has 0 aliphatic rings. The van der Waals surface area contributed by atoms with E-state index in [1.54, 1.807) is 12.1 Å². The number of hydrogen-bond donors (Lipinski definition) is 0. The van der Waals surface area contributed by atoms with E-state index < -0.39 is 0 Å². The summed E-state index contributed by atoms with van der Waals surface area (Å²) in [6.45, 7) is 0. The number of fused-ring (bicyclic) bond motifs is 1. The van der Waals surface area contributed by atoms with Crippen LogP contribution in [0.5, 0.6) is 0 Å². The summed E-state index contributed by atoms with van der Waals surface area (Å²) < 4.78 is 1.05. The van der Waals surface area contributed by atoms with E-state index in [1.165, 1.54) is 6.20 Å². The minimum Gasteiger partial charge on any atom is -0.265 e. The molecule has 0 radical (unpaired) electrons. The van der Waals surface area contributed by atoms with E-state index in [0.29, 0.717) is 5.52 Å². The Morgan fingerprint density at radius 2 is 2.38 bits per heavy atom. The third kappa shape index (κ3) is 1.27. The van der Waals surface area contributed by atoms with Gasteiger partial charge in [-0.2, -0.15) is 4.68 Å².